The molecular weight excluding hydrogens is 416 g/mol. The number of hydrogen-bond acceptors (Lipinski definition) is 6. The van der Waals surface area contributed by atoms with Crippen LogP contribution in [0.2, 0.25) is 0 Å². The highest BCUT2D eigenvalue weighted by Crippen LogP contribution is 2.30. The molecular formula is C23H18N2O5S. The van der Waals surface area contributed by atoms with Crippen LogP contribution in [0, 0.1) is 0 Å². The minimum Gasteiger partial charge on any atom is -0.494 e. The van der Waals surface area contributed by atoms with Gasteiger partial charge >= 0.3 is 6.03 Å². The maximum Gasteiger partial charge on any atom is 0.335 e. The third-order valence-electron chi connectivity index (χ3n) is 4.36. The lowest BCUT2D eigenvalue weighted by Gasteiger charge is -2.26. The SMILES string of the molecule is CCOc1ccc(N2C(=O)NC(=O)C(=Cc3ccc(Sc4ccccc4)o3)C2=O)cc1. The summed E-state index contributed by atoms with van der Waals surface area (Å²) in [4.78, 5) is 39.5. The Labute approximate surface area is 182 Å². The number of ether oxygens (including phenoxy) is 1. The zero-order valence-electron chi connectivity index (χ0n) is 16.5. The van der Waals surface area contributed by atoms with Crippen molar-refractivity contribution in [1.29, 1.82) is 0 Å². The Bertz CT molecular complexity index is 1150. The fourth-order valence-corrected chi connectivity index (χ4v) is 3.76. The van der Waals surface area contributed by atoms with Gasteiger partial charge in [-0.15, -0.1) is 0 Å². The van der Waals surface area contributed by atoms with Crippen LogP contribution in [0.4, 0.5) is 10.5 Å². The fraction of sp³-hybridized carbons (Fsp3) is 0.0870. The van der Waals surface area contributed by atoms with Crippen LogP contribution in [-0.4, -0.2) is 24.5 Å². The molecule has 1 aromatic heterocycles. The number of barbiturate groups is 1. The van der Waals surface area contributed by atoms with Gasteiger partial charge in [-0.25, -0.2) is 9.69 Å². The Kier molecular flexibility index (Phi) is 5.90. The number of furan rings is 1. The van der Waals surface area contributed by atoms with Gasteiger partial charge in [-0.3, -0.25) is 14.9 Å². The first-order chi connectivity index (χ1) is 15.0. The Balaban J connectivity index is 1.57. The number of hydrogen-bond donors (Lipinski definition) is 1. The van der Waals surface area contributed by atoms with Crippen LogP contribution < -0.4 is 15.0 Å². The first kappa shape index (κ1) is 20.5. The maximum atomic E-state index is 13.0. The van der Waals surface area contributed by atoms with Crippen LogP contribution in [0.15, 0.2) is 86.7 Å². The fourth-order valence-electron chi connectivity index (χ4n) is 2.96. The Morgan fingerprint density at radius 1 is 1.00 bits per heavy atom. The van der Waals surface area contributed by atoms with Crippen LogP contribution >= 0.6 is 11.8 Å². The molecule has 4 rings (SSSR count). The predicted molar refractivity (Wildman–Crippen MR) is 116 cm³/mol. The van der Waals surface area contributed by atoms with E-state index in [1.807, 2.05) is 37.3 Å². The quantitative estimate of drug-likeness (QED) is 0.454. The number of benzene rings is 2. The molecule has 0 bridgehead atoms. The Morgan fingerprint density at radius 2 is 1.74 bits per heavy atom. The molecule has 156 valence electrons. The lowest BCUT2D eigenvalue weighted by molar-refractivity contribution is -0.122. The van der Waals surface area contributed by atoms with Gasteiger partial charge in [-0.05, 0) is 61.5 Å². The third-order valence-corrected chi connectivity index (χ3v) is 5.29. The highest BCUT2D eigenvalue weighted by atomic mass is 32.2. The molecule has 0 atom stereocenters. The predicted octanol–water partition coefficient (Wildman–Crippen LogP) is 4.50. The number of rotatable bonds is 6. The second-order valence-electron chi connectivity index (χ2n) is 6.46. The van der Waals surface area contributed by atoms with Gasteiger partial charge in [-0.2, -0.15) is 0 Å². The molecule has 31 heavy (non-hydrogen) atoms. The standard InChI is InChI=1S/C23H18N2O5S/c1-2-29-16-10-8-15(9-11-16)25-22(27)19(21(26)24-23(25)28)14-17-12-13-20(30-17)31-18-6-4-3-5-7-18/h3-14H,2H2,1H3,(H,24,26,28). The normalized spacial score (nSPS) is 15.3. The molecule has 8 heteroatoms. The van der Waals surface area contributed by atoms with Crippen molar-refractivity contribution in [2.75, 3.05) is 11.5 Å². The highest BCUT2D eigenvalue weighted by molar-refractivity contribution is 7.99. The lowest BCUT2D eigenvalue weighted by atomic mass is 10.1. The number of nitrogens with one attached hydrogen (secondary N) is 1. The van der Waals surface area contributed by atoms with E-state index in [4.69, 9.17) is 9.15 Å². The molecule has 0 radical (unpaired) electrons. The number of carbonyl (C=O) groups excluding carboxylic acids is 3. The van der Waals surface area contributed by atoms with Crippen LogP contribution in [0.3, 0.4) is 0 Å². The van der Waals surface area contributed by atoms with Gasteiger partial charge in [0.25, 0.3) is 11.8 Å². The van der Waals surface area contributed by atoms with E-state index >= 15 is 0 Å². The van der Waals surface area contributed by atoms with Gasteiger partial charge in [-0.1, -0.05) is 30.0 Å². The summed E-state index contributed by atoms with van der Waals surface area (Å²) in [6.45, 7) is 2.36. The van der Waals surface area contributed by atoms with Crippen molar-refractivity contribution in [2.24, 2.45) is 0 Å². The number of urea groups is 1. The average molecular weight is 434 g/mol. The molecule has 0 unspecified atom stereocenters. The second kappa shape index (κ2) is 8.93. The number of amides is 4. The number of nitrogens with zero attached hydrogens (tertiary/aromatic N) is 1. The molecule has 3 aromatic rings. The summed E-state index contributed by atoms with van der Waals surface area (Å²) in [5.41, 5.74) is 0.128. The van der Waals surface area contributed by atoms with E-state index in [-0.39, 0.29) is 5.57 Å². The molecule has 0 spiro atoms. The van der Waals surface area contributed by atoms with Crippen molar-refractivity contribution in [1.82, 2.24) is 5.32 Å². The van der Waals surface area contributed by atoms with Crippen molar-refractivity contribution in [2.45, 2.75) is 16.9 Å². The van der Waals surface area contributed by atoms with Crippen LogP contribution in [0.5, 0.6) is 5.75 Å². The van der Waals surface area contributed by atoms with Gasteiger partial charge in [0, 0.05) is 4.90 Å². The van der Waals surface area contributed by atoms with Gasteiger partial charge in [0.2, 0.25) is 0 Å². The van der Waals surface area contributed by atoms with E-state index in [1.165, 1.54) is 17.8 Å². The minimum atomic E-state index is -0.809. The first-order valence-corrected chi connectivity index (χ1v) is 10.3. The molecule has 1 saturated heterocycles. The van der Waals surface area contributed by atoms with E-state index in [0.29, 0.717) is 28.9 Å². The largest absolute Gasteiger partial charge is 0.494 e. The molecule has 0 aliphatic carbocycles. The Morgan fingerprint density at radius 3 is 2.45 bits per heavy atom. The van der Waals surface area contributed by atoms with Gasteiger partial charge in [0.15, 0.2) is 5.09 Å². The van der Waals surface area contributed by atoms with Crippen molar-refractivity contribution in [3.8, 4) is 5.75 Å². The summed E-state index contributed by atoms with van der Waals surface area (Å²) < 4.78 is 11.1. The topological polar surface area (TPSA) is 88.8 Å². The van der Waals surface area contributed by atoms with E-state index in [1.54, 1.807) is 36.4 Å². The monoisotopic (exact) mass is 434 g/mol. The number of anilines is 1. The van der Waals surface area contributed by atoms with Crippen LogP contribution in [0.1, 0.15) is 12.7 Å². The van der Waals surface area contributed by atoms with Gasteiger partial charge < -0.3 is 9.15 Å². The molecule has 1 N–H and O–H groups in total. The minimum absolute atomic E-state index is 0.195. The summed E-state index contributed by atoms with van der Waals surface area (Å²) in [6.07, 6.45) is 1.33. The maximum absolute atomic E-state index is 13.0. The molecule has 1 aliphatic rings. The Hall–Kier alpha value is -3.78. The first-order valence-electron chi connectivity index (χ1n) is 9.52. The number of imide groups is 2. The lowest BCUT2D eigenvalue weighted by Crippen LogP contribution is -2.54. The smallest absolute Gasteiger partial charge is 0.335 e. The average Bonchev–Trinajstić information content (AvgIpc) is 3.20. The van der Waals surface area contributed by atoms with Crippen LogP contribution in [0.25, 0.3) is 6.08 Å². The molecule has 0 saturated carbocycles. The molecule has 2 heterocycles. The van der Waals surface area contributed by atoms with Crippen LogP contribution in [-0.2, 0) is 9.59 Å². The number of carbonyl (C=O) groups is 3. The van der Waals surface area contributed by atoms with E-state index in [2.05, 4.69) is 5.32 Å². The molecule has 1 aliphatic heterocycles. The summed E-state index contributed by atoms with van der Waals surface area (Å²) >= 11 is 1.42. The van der Waals surface area contributed by atoms with E-state index < -0.39 is 17.8 Å². The summed E-state index contributed by atoms with van der Waals surface area (Å²) in [7, 11) is 0. The van der Waals surface area contributed by atoms with Gasteiger partial charge in [0.05, 0.1) is 12.3 Å². The van der Waals surface area contributed by atoms with Crippen molar-refractivity contribution in [3.63, 3.8) is 0 Å². The van der Waals surface area contributed by atoms with E-state index in [9.17, 15) is 14.4 Å². The molecule has 1 fully saturated rings. The highest BCUT2D eigenvalue weighted by Gasteiger charge is 2.37. The summed E-state index contributed by atoms with van der Waals surface area (Å²) in [5.74, 6) is -0.558. The molecule has 2 aromatic carbocycles. The zero-order valence-corrected chi connectivity index (χ0v) is 17.3. The third kappa shape index (κ3) is 4.54. The summed E-state index contributed by atoms with van der Waals surface area (Å²) in [5, 5.41) is 2.81. The zero-order chi connectivity index (χ0) is 21.8. The van der Waals surface area contributed by atoms with Crippen molar-refractivity contribution < 1.29 is 23.5 Å². The summed E-state index contributed by atoms with van der Waals surface area (Å²) in [6, 6.07) is 18.7. The molecule has 4 amide bonds. The van der Waals surface area contributed by atoms with E-state index in [0.717, 1.165) is 9.80 Å². The van der Waals surface area contributed by atoms with Gasteiger partial charge in [0.1, 0.15) is 17.1 Å². The second-order valence-corrected chi connectivity index (χ2v) is 7.53. The van der Waals surface area contributed by atoms with Crippen molar-refractivity contribution >= 4 is 41.4 Å². The van der Waals surface area contributed by atoms with Crippen molar-refractivity contribution in [3.05, 3.63) is 78.1 Å². The molecule has 7 nitrogen and oxygen atoms in total.